The van der Waals surface area contributed by atoms with Gasteiger partial charge in [-0.3, -0.25) is 0 Å². The Bertz CT molecular complexity index is 385. The second-order valence-electron chi connectivity index (χ2n) is 5.45. The molecule has 1 aliphatic rings. The highest BCUT2D eigenvalue weighted by atomic mass is 15.2. The third-order valence-electron chi connectivity index (χ3n) is 3.70. The van der Waals surface area contributed by atoms with Crippen molar-refractivity contribution in [2.45, 2.75) is 39.7 Å². The topological polar surface area (TPSA) is 15.3 Å². The molecule has 1 heterocycles. The van der Waals surface area contributed by atoms with E-state index in [9.17, 15) is 0 Å². The maximum absolute atomic E-state index is 3.44. The second-order valence-corrected chi connectivity index (χ2v) is 5.45. The van der Waals surface area contributed by atoms with Gasteiger partial charge in [-0.1, -0.05) is 26.0 Å². The SMILES string of the molecule is Cc1cc(C(C)C)ccc1N1CCNC[C@H]1C. The minimum atomic E-state index is 0.590. The maximum atomic E-state index is 3.44. The van der Waals surface area contributed by atoms with Crippen molar-refractivity contribution in [2.24, 2.45) is 0 Å². The Labute approximate surface area is 105 Å². The highest BCUT2D eigenvalue weighted by molar-refractivity contribution is 5.56. The van der Waals surface area contributed by atoms with E-state index in [1.54, 1.807) is 0 Å². The third kappa shape index (κ3) is 2.63. The van der Waals surface area contributed by atoms with Crippen LogP contribution in [0.25, 0.3) is 0 Å². The molecular formula is C15H24N2. The van der Waals surface area contributed by atoms with Gasteiger partial charge in [-0.15, -0.1) is 0 Å². The lowest BCUT2D eigenvalue weighted by atomic mass is 9.99. The summed E-state index contributed by atoms with van der Waals surface area (Å²) in [5, 5.41) is 3.44. The fourth-order valence-corrected chi connectivity index (χ4v) is 2.56. The Balaban J connectivity index is 2.26. The van der Waals surface area contributed by atoms with Gasteiger partial charge in [0, 0.05) is 31.4 Å². The summed E-state index contributed by atoms with van der Waals surface area (Å²) in [7, 11) is 0. The van der Waals surface area contributed by atoms with Gasteiger partial charge in [0.2, 0.25) is 0 Å². The summed E-state index contributed by atoms with van der Waals surface area (Å²) in [6.07, 6.45) is 0. The van der Waals surface area contributed by atoms with Gasteiger partial charge >= 0.3 is 0 Å². The number of rotatable bonds is 2. The molecule has 0 radical (unpaired) electrons. The molecule has 0 bridgehead atoms. The van der Waals surface area contributed by atoms with Crippen LogP contribution in [-0.4, -0.2) is 25.7 Å². The Morgan fingerprint density at radius 3 is 2.71 bits per heavy atom. The summed E-state index contributed by atoms with van der Waals surface area (Å²) in [4.78, 5) is 2.52. The van der Waals surface area contributed by atoms with Crippen LogP contribution in [0.1, 0.15) is 37.8 Å². The lowest BCUT2D eigenvalue weighted by Gasteiger charge is -2.37. The number of hydrogen-bond donors (Lipinski definition) is 1. The molecule has 0 unspecified atom stereocenters. The fraction of sp³-hybridized carbons (Fsp3) is 0.600. The van der Waals surface area contributed by atoms with Crippen molar-refractivity contribution in [3.8, 4) is 0 Å². The van der Waals surface area contributed by atoms with Gasteiger partial charge < -0.3 is 10.2 Å². The standard InChI is InChI=1S/C15H24N2/c1-11(2)14-5-6-15(12(3)9-14)17-8-7-16-10-13(17)4/h5-6,9,11,13,16H,7-8,10H2,1-4H3/t13-/m1/s1. The molecule has 0 amide bonds. The summed E-state index contributed by atoms with van der Waals surface area (Å²) in [6, 6.07) is 7.51. The lowest BCUT2D eigenvalue weighted by molar-refractivity contribution is 0.500. The van der Waals surface area contributed by atoms with Gasteiger partial charge in [0.05, 0.1) is 0 Å². The zero-order chi connectivity index (χ0) is 12.4. The average Bonchev–Trinajstić information content (AvgIpc) is 2.30. The van der Waals surface area contributed by atoms with E-state index in [0.717, 1.165) is 19.6 Å². The van der Waals surface area contributed by atoms with Gasteiger partial charge in [0.1, 0.15) is 0 Å². The van der Waals surface area contributed by atoms with Crippen molar-refractivity contribution in [3.05, 3.63) is 29.3 Å². The molecule has 17 heavy (non-hydrogen) atoms. The molecule has 94 valence electrons. The van der Waals surface area contributed by atoms with Gasteiger partial charge in [-0.25, -0.2) is 0 Å². The Hall–Kier alpha value is -1.02. The van der Waals surface area contributed by atoms with E-state index in [2.05, 4.69) is 56.1 Å². The Morgan fingerprint density at radius 1 is 1.35 bits per heavy atom. The monoisotopic (exact) mass is 232 g/mol. The molecule has 2 rings (SSSR count). The molecule has 2 heteroatoms. The first-order valence-corrected chi connectivity index (χ1v) is 6.67. The van der Waals surface area contributed by atoms with Crippen molar-refractivity contribution >= 4 is 5.69 Å². The van der Waals surface area contributed by atoms with E-state index >= 15 is 0 Å². The summed E-state index contributed by atoms with van der Waals surface area (Å²) < 4.78 is 0. The van der Waals surface area contributed by atoms with Crippen molar-refractivity contribution in [3.63, 3.8) is 0 Å². The number of nitrogens with zero attached hydrogens (tertiary/aromatic N) is 1. The molecule has 0 spiro atoms. The molecular weight excluding hydrogens is 208 g/mol. The molecule has 0 aliphatic carbocycles. The first kappa shape index (κ1) is 12.4. The average molecular weight is 232 g/mol. The van der Waals surface area contributed by atoms with Crippen LogP contribution < -0.4 is 10.2 Å². The Morgan fingerprint density at radius 2 is 2.12 bits per heavy atom. The summed E-state index contributed by atoms with van der Waals surface area (Å²) >= 11 is 0. The molecule has 1 aromatic carbocycles. The Kier molecular flexibility index (Phi) is 3.72. The fourth-order valence-electron chi connectivity index (χ4n) is 2.56. The van der Waals surface area contributed by atoms with Crippen LogP contribution in [0, 0.1) is 6.92 Å². The lowest BCUT2D eigenvalue weighted by Crippen LogP contribution is -2.50. The van der Waals surface area contributed by atoms with Gasteiger partial charge in [-0.05, 0) is 37.0 Å². The van der Waals surface area contributed by atoms with Crippen molar-refractivity contribution in [1.82, 2.24) is 5.32 Å². The molecule has 1 atom stereocenters. The number of piperazine rings is 1. The normalized spacial score (nSPS) is 21.0. The number of nitrogens with one attached hydrogen (secondary N) is 1. The molecule has 0 aromatic heterocycles. The summed E-state index contributed by atoms with van der Waals surface area (Å²) in [5.41, 5.74) is 4.25. The van der Waals surface area contributed by atoms with Crippen LogP contribution in [0.4, 0.5) is 5.69 Å². The van der Waals surface area contributed by atoms with Gasteiger partial charge in [0.25, 0.3) is 0 Å². The van der Waals surface area contributed by atoms with E-state index in [0.29, 0.717) is 12.0 Å². The predicted octanol–water partition coefficient (Wildman–Crippen LogP) is 2.92. The number of anilines is 1. The molecule has 1 saturated heterocycles. The van der Waals surface area contributed by atoms with Crippen LogP contribution in [0.5, 0.6) is 0 Å². The molecule has 0 saturated carbocycles. The quantitative estimate of drug-likeness (QED) is 0.843. The number of hydrogen-bond acceptors (Lipinski definition) is 2. The minimum Gasteiger partial charge on any atom is -0.366 e. The molecule has 1 fully saturated rings. The van der Waals surface area contributed by atoms with E-state index < -0.39 is 0 Å². The molecule has 1 N–H and O–H groups in total. The third-order valence-corrected chi connectivity index (χ3v) is 3.70. The summed E-state index contributed by atoms with van der Waals surface area (Å²) in [6.45, 7) is 12.3. The zero-order valence-corrected chi connectivity index (χ0v) is 11.5. The van der Waals surface area contributed by atoms with Crippen molar-refractivity contribution in [1.29, 1.82) is 0 Å². The van der Waals surface area contributed by atoms with Crippen LogP contribution in [0.15, 0.2) is 18.2 Å². The zero-order valence-electron chi connectivity index (χ0n) is 11.5. The van der Waals surface area contributed by atoms with E-state index in [-0.39, 0.29) is 0 Å². The second kappa shape index (κ2) is 5.09. The molecule has 2 nitrogen and oxygen atoms in total. The largest absolute Gasteiger partial charge is 0.366 e. The van der Waals surface area contributed by atoms with Crippen LogP contribution in [0.2, 0.25) is 0 Å². The predicted molar refractivity (Wildman–Crippen MR) is 74.9 cm³/mol. The van der Waals surface area contributed by atoms with E-state index in [4.69, 9.17) is 0 Å². The van der Waals surface area contributed by atoms with Crippen molar-refractivity contribution < 1.29 is 0 Å². The van der Waals surface area contributed by atoms with Gasteiger partial charge in [-0.2, -0.15) is 0 Å². The van der Waals surface area contributed by atoms with E-state index in [1.807, 2.05) is 0 Å². The van der Waals surface area contributed by atoms with Crippen LogP contribution in [-0.2, 0) is 0 Å². The molecule has 1 aromatic rings. The minimum absolute atomic E-state index is 0.590. The smallest absolute Gasteiger partial charge is 0.0399 e. The van der Waals surface area contributed by atoms with Crippen molar-refractivity contribution in [2.75, 3.05) is 24.5 Å². The maximum Gasteiger partial charge on any atom is 0.0399 e. The highest BCUT2D eigenvalue weighted by Gasteiger charge is 2.19. The molecule has 1 aliphatic heterocycles. The number of aryl methyl sites for hydroxylation is 1. The van der Waals surface area contributed by atoms with E-state index in [1.165, 1.54) is 16.8 Å². The van der Waals surface area contributed by atoms with Crippen LogP contribution >= 0.6 is 0 Å². The van der Waals surface area contributed by atoms with Gasteiger partial charge in [0.15, 0.2) is 0 Å². The van der Waals surface area contributed by atoms with Crippen LogP contribution in [0.3, 0.4) is 0 Å². The highest BCUT2D eigenvalue weighted by Crippen LogP contribution is 2.26. The first-order chi connectivity index (χ1) is 8.09. The summed E-state index contributed by atoms with van der Waals surface area (Å²) in [5.74, 6) is 0.614. The first-order valence-electron chi connectivity index (χ1n) is 6.67. The number of benzene rings is 1.